The minimum Gasteiger partial charge on any atom is -0.393 e. The molecule has 1 atom stereocenters. The number of nitrogen functional groups attached to an aromatic ring is 1. The molecule has 14 heavy (non-hydrogen) atoms. The van der Waals surface area contributed by atoms with Gasteiger partial charge in [0.1, 0.15) is 5.82 Å². The van der Waals surface area contributed by atoms with Crippen LogP contribution in [-0.4, -0.2) is 16.2 Å². The molecule has 0 aliphatic heterocycles. The molecule has 0 spiro atoms. The van der Waals surface area contributed by atoms with Crippen molar-refractivity contribution in [2.75, 3.05) is 5.73 Å². The van der Waals surface area contributed by atoms with Crippen molar-refractivity contribution in [3.05, 3.63) is 23.9 Å². The van der Waals surface area contributed by atoms with Crippen LogP contribution < -0.4 is 5.73 Å². The summed E-state index contributed by atoms with van der Waals surface area (Å²) in [4.78, 5) is 3.90. The second kappa shape index (κ2) is 4.96. The summed E-state index contributed by atoms with van der Waals surface area (Å²) in [5.74, 6) is 1.03. The van der Waals surface area contributed by atoms with Gasteiger partial charge in [-0.1, -0.05) is 13.8 Å². The molecule has 1 unspecified atom stereocenters. The molecular weight excluding hydrogens is 176 g/mol. The van der Waals surface area contributed by atoms with Crippen molar-refractivity contribution in [1.82, 2.24) is 4.98 Å². The number of aromatic nitrogens is 1. The number of hydrogen-bond acceptors (Lipinski definition) is 3. The van der Waals surface area contributed by atoms with Gasteiger partial charge in [-0.15, -0.1) is 0 Å². The summed E-state index contributed by atoms with van der Waals surface area (Å²) < 4.78 is 0. The molecule has 78 valence electrons. The Kier molecular flexibility index (Phi) is 3.89. The van der Waals surface area contributed by atoms with Gasteiger partial charge >= 0.3 is 0 Å². The van der Waals surface area contributed by atoms with Crippen LogP contribution in [0.25, 0.3) is 0 Å². The maximum Gasteiger partial charge on any atom is 0.123 e. The smallest absolute Gasteiger partial charge is 0.123 e. The Bertz CT molecular complexity index is 286. The number of hydrogen-bond donors (Lipinski definition) is 2. The molecule has 0 aromatic carbocycles. The number of pyridine rings is 1. The molecule has 0 bridgehead atoms. The summed E-state index contributed by atoms with van der Waals surface area (Å²) in [6, 6.07) is 3.70. The number of anilines is 1. The van der Waals surface area contributed by atoms with Gasteiger partial charge in [-0.05, 0) is 36.5 Å². The van der Waals surface area contributed by atoms with Crippen molar-refractivity contribution in [1.29, 1.82) is 0 Å². The topological polar surface area (TPSA) is 59.1 Å². The highest BCUT2D eigenvalue weighted by atomic mass is 16.3. The van der Waals surface area contributed by atoms with Gasteiger partial charge in [0.15, 0.2) is 0 Å². The van der Waals surface area contributed by atoms with E-state index in [2.05, 4.69) is 18.8 Å². The van der Waals surface area contributed by atoms with E-state index in [4.69, 9.17) is 5.73 Å². The zero-order chi connectivity index (χ0) is 10.6. The summed E-state index contributed by atoms with van der Waals surface area (Å²) in [5, 5.41) is 9.70. The van der Waals surface area contributed by atoms with Crippen molar-refractivity contribution in [3.8, 4) is 0 Å². The molecule has 1 aromatic heterocycles. The van der Waals surface area contributed by atoms with Crippen LogP contribution in [0.5, 0.6) is 0 Å². The zero-order valence-corrected chi connectivity index (χ0v) is 8.77. The summed E-state index contributed by atoms with van der Waals surface area (Å²) >= 11 is 0. The fourth-order valence-electron chi connectivity index (χ4n) is 1.52. The van der Waals surface area contributed by atoms with E-state index < -0.39 is 0 Å². The number of aliphatic hydroxyl groups is 1. The third kappa shape index (κ3) is 3.75. The van der Waals surface area contributed by atoms with Crippen LogP contribution in [0.15, 0.2) is 18.3 Å². The largest absolute Gasteiger partial charge is 0.393 e. The van der Waals surface area contributed by atoms with Gasteiger partial charge in [0.25, 0.3) is 0 Å². The molecule has 3 heteroatoms. The van der Waals surface area contributed by atoms with E-state index in [-0.39, 0.29) is 6.10 Å². The fourth-order valence-corrected chi connectivity index (χ4v) is 1.52. The Morgan fingerprint density at radius 1 is 1.50 bits per heavy atom. The third-order valence-corrected chi connectivity index (χ3v) is 2.06. The first-order chi connectivity index (χ1) is 6.58. The van der Waals surface area contributed by atoms with E-state index in [0.717, 1.165) is 12.0 Å². The van der Waals surface area contributed by atoms with Crippen molar-refractivity contribution in [2.45, 2.75) is 32.8 Å². The molecule has 0 amide bonds. The van der Waals surface area contributed by atoms with E-state index in [1.807, 2.05) is 12.1 Å². The Labute approximate surface area is 85.0 Å². The Balaban J connectivity index is 2.51. The first-order valence-corrected chi connectivity index (χ1v) is 4.96. The summed E-state index contributed by atoms with van der Waals surface area (Å²) in [6.45, 7) is 4.20. The summed E-state index contributed by atoms with van der Waals surface area (Å²) in [7, 11) is 0. The number of nitrogens with zero attached hydrogens (tertiary/aromatic N) is 1. The molecule has 0 aliphatic carbocycles. The lowest BCUT2D eigenvalue weighted by atomic mass is 10.0. The van der Waals surface area contributed by atoms with E-state index >= 15 is 0 Å². The normalized spacial score (nSPS) is 13.1. The first-order valence-electron chi connectivity index (χ1n) is 4.96. The minimum absolute atomic E-state index is 0.281. The quantitative estimate of drug-likeness (QED) is 0.765. The van der Waals surface area contributed by atoms with Gasteiger partial charge in [0.2, 0.25) is 0 Å². The highest BCUT2D eigenvalue weighted by Crippen LogP contribution is 2.11. The standard InChI is InChI=1S/C11H18N2O/c1-8(2)5-10(14)6-9-3-4-13-11(12)7-9/h3-4,7-8,10,14H,5-6H2,1-2H3,(H2,12,13). The SMILES string of the molecule is CC(C)CC(O)Cc1ccnc(N)c1. The second-order valence-electron chi connectivity index (χ2n) is 4.08. The first kappa shape index (κ1) is 11.0. The van der Waals surface area contributed by atoms with Gasteiger partial charge in [0, 0.05) is 6.20 Å². The molecule has 0 fully saturated rings. The van der Waals surface area contributed by atoms with Crippen LogP contribution in [0.3, 0.4) is 0 Å². The van der Waals surface area contributed by atoms with Crippen LogP contribution in [0.2, 0.25) is 0 Å². The van der Waals surface area contributed by atoms with Crippen LogP contribution >= 0.6 is 0 Å². The van der Waals surface area contributed by atoms with E-state index in [9.17, 15) is 5.11 Å². The van der Waals surface area contributed by atoms with Gasteiger partial charge in [-0.25, -0.2) is 4.98 Å². The Hall–Kier alpha value is -1.09. The van der Waals surface area contributed by atoms with Crippen molar-refractivity contribution < 1.29 is 5.11 Å². The molecule has 0 saturated carbocycles. The molecule has 3 nitrogen and oxygen atoms in total. The van der Waals surface area contributed by atoms with Crippen LogP contribution in [0, 0.1) is 5.92 Å². The molecular formula is C11H18N2O. The Morgan fingerprint density at radius 2 is 2.21 bits per heavy atom. The van der Waals surface area contributed by atoms with Gasteiger partial charge in [-0.3, -0.25) is 0 Å². The molecule has 0 saturated heterocycles. The predicted molar refractivity (Wildman–Crippen MR) is 57.8 cm³/mol. The maximum atomic E-state index is 9.70. The number of nitrogens with two attached hydrogens (primary N) is 1. The average molecular weight is 194 g/mol. The molecule has 1 aromatic rings. The number of aliphatic hydroxyl groups excluding tert-OH is 1. The molecule has 1 rings (SSSR count). The zero-order valence-electron chi connectivity index (χ0n) is 8.77. The van der Waals surface area contributed by atoms with Gasteiger partial charge in [-0.2, -0.15) is 0 Å². The van der Waals surface area contributed by atoms with E-state index in [1.165, 1.54) is 0 Å². The Morgan fingerprint density at radius 3 is 2.79 bits per heavy atom. The number of rotatable bonds is 4. The van der Waals surface area contributed by atoms with E-state index in [0.29, 0.717) is 18.2 Å². The highest BCUT2D eigenvalue weighted by Gasteiger charge is 2.07. The maximum absolute atomic E-state index is 9.70. The third-order valence-electron chi connectivity index (χ3n) is 2.06. The molecule has 0 radical (unpaired) electrons. The molecule has 3 N–H and O–H groups in total. The second-order valence-corrected chi connectivity index (χ2v) is 4.08. The fraction of sp³-hybridized carbons (Fsp3) is 0.545. The van der Waals surface area contributed by atoms with Gasteiger partial charge < -0.3 is 10.8 Å². The average Bonchev–Trinajstić information content (AvgIpc) is 2.01. The van der Waals surface area contributed by atoms with Crippen molar-refractivity contribution in [3.63, 3.8) is 0 Å². The van der Waals surface area contributed by atoms with Crippen molar-refractivity contribution >= 4 is 5.82 Å². The lowest BCUT2D eigenvalue weighted by molar-refractivity contribution is 0.149. The predicted octanol–water partition coefficient (Wildman–Crippen LogP) is 1.61. The summed E-state index contributed by atoms with van der Waals surface area (Å²) in [5.41, 5.74) is 6.59. The molecule has 0 aliphatic rings. The van der Waals surface area contributed by atoms with Crippen molar-refractivity contribution in [2.24, 2.45) is 5.92 Å². The highest BCUT2D eigenvalue weighted by molar-refractivity contribution is 5.32. The lowest BCUT2D eigenvalue weighted by Crippen LogP contribution is -2.13. The van der Waals surface area contributed by atoms with Gasteiger partial charge in [0.05, 0.1) is 6.10 Å². The van der Waals surface area contributed by atoms with E-state index in [1.54, 1.807) is 6.20 Å². The lowest BCUT2D eigenvalue weighted by Gasteiger charge is -2.12. The molecule has 1 heterocycles. The minimum atomic E-state index is -0.281. The summed E-state index contributed by atoms with van der Waals surface area (Å²) in [6.07, 6.45) is 2.87. The van der Waals surface area contributed by atoms with Crippen LogP contribution in [0.1, 0.15) is 25.8 Å². The monoisotopic (exact) mass is 194 g/mol. The van der Waals surface area contributed by atoms with Crippen LogP contribution in [-0.2, 0) is 6.42 Å². The van der Waals surface area contributed by atoms with Crippen LogP contribution in [0.4, 0.5) is 5.82 Å².